The highest BCUT2D eigenvalue weighted by molar-refractivity contribution is 9.10. The molecule has 0 saturated heterocycles. The first-order chi connectivity index (χ1) is 9.67. The van der Waals surface area contributed by atoms with Gasteiger partial charge in [-0.2, -0.15) is 0 Å². The summed E-state index contributed by atoms with van der Waals surface area (Å²) in [5, 5.41) is 0. The van der Waals surface area contributed by atoms with Crippen molar-refractivity contribution in [2.24, 2.45) is 5.92 Å². The van der Waals surface area contributed by atoms with Crippen LogP contribution in [0.4, 0.5) is 4.79 Å². The maximum Gasteiger partial charge on any atom is 0.410 e. The molecule has 2 rings (SSSR count). The Bertz CT molecular complexity index is 534. The number of benzene rings is 1. The molecular weight excluding hydrogens is 330 g/mol. The zero-order valence-corrected chi connectivity index (χ0v) is 15.0. The summed E-state index contributed by atoms with van der Waals surface area (Å²) in [5.41, 5.74) is 2.11. The maximum atomic E-state index is 12.4. The van der Waals surface area contributed by atoms with Crippen molar-refractivity contribution in [3.8, 4) is 0 Å². The number of halogens is 1. The van der Waals surface area contributed by atoms with Crippen molar-refractivity contribution in [3.05, 3.63) is 33.8 Å². The van der Waals surface area contributed by atoms with Crippen LogP contribution in [0, 0.1) is 5.92 Å². The monoisotopic (exact) mass is 353 g/mol. The quantitative estimate of drug-likeness (QED) is 0.715. The van der Waals surface area contributed by atoms with Gasteiger partial charge in [0, 0.05) is 23.5 Å². The summed E-state index contributed by atoms with van der Waals surface area (Å²) in [6, 6.07) is 6.33. The number of rotatable bonds is 1. The Balaban J connectivity index is 2.27. The number of carbonyl (C=O) groups is 1. The second kappa shape index (κ2) is 5.99. The largest absolute Gasteiger partial charge is 0.444 e. The highest BCUT2D eigenvalue weighted by Crippen LogP contribution is 2.35. The first-order valence-corrected chi connectivity index (χ1v) is 8.23. The van der Waals surface area contributed by atoms with Crippen LogP contribution in [0.1, 0.15) is 51.7 Å². The molecule has 0 aromatic heterocycles. The lowest BCUT2D eigenvalue weighted by Crippen LogP contribution is -2.42. The fourth-order valence-corrected chi connectivity index (χ4v) is 3.08. The molecule has 1 unspecified atom stereocenters. The lowest BCUT2D eigenvalue weighted by Gasteiger charge is -2.37. The smallest absolute Gasteiger partial charge is 0.410 e. The molecule has 1 heterocycles. The van der Waals surface area contributed by atoms with Crippen LogP contribution >= 0.6 is 15.9 Å². The molecule has 1 aliphatic rings. The summed E-state index contributed by atoms with van der Waals surface area (Å²) in [7, 11) is 0. The minimum atomic E-state index is -0.454. The molecule has 3 nitrogen and oxygen atoms in total. The van der Waals surface area contributed by atoms with Crippen LogP contribution in [0.2, 0.25) is 0 Å². The van der Waals surface area contributed by atoms with Gasteiger partial charge in [0.25, 0.3) is 0 Å². The highest BCUT2D eigenvalue weighted by Gasteiger charge is 2.32. The average Bonchev–Trinajstić information content (AvgIpc) is 2.35. The van der Waals surface area contributed by atoms with Gasteiger partial charge in [-0.05, 0) is 49.9 Å². The van der Waals surface area contributed by atoms with Crippen LogP contribution in [0.15, 0.2) is 22.7 Å². The third-order valence-electron chi connectivity index (χ3n) is 3.74. The van der Waals surface area contributed by atoms with Gasteiger partial charge in [-0.1, -0.05) is 35.8 Å². The van der Waals surface area contributed by atoms with E-state index in [1.54, 1.807) is 0 Å². The van der Waals surface area contributed by atoms with Gasteiger partial charge < -0.3 is 9.64 Å². The maximum absolute atomic E-state index is 12.4. The summed E-state index contributed by atoms with van der Waals surface area (Å²) >= 11 is 3.55. The zero-order valence-electron chi connectivity index (χ0n) is 13.4. The molecular formula is C17H24BrNO2. The Kier molecular flexibility index (Phi) is 4.66. The Morgan fingerprint density at radius 3 is 2.62 bits per heavy atom. The number of fused-ring (bicyclic) bond motifs is 1. The van der Waals surface area contributed by atoms with E-state index in [1.165, 1.54) is 11.1 Å². The van der Waals surface area contributed by atoms with Crippen LogP contribution in [0.3, 0.4) is 0 Å². The Morgan fingerprint density at radius 2 is 2.05 bits per heavy atom. The van der Waals surface area contributed by atoms with Gasteiger partial charge in [-0.25, -0.2) is 4.79 Å². The molecule has 116 valence electrons. The van der Waals surface area contributed by atoms with Gasteiger partial charge in [-0.3, -0.25) is 0 Å². The molecule has 0 aliphatic carbocycles. The molecule has 1 atom stereocenters. The normalized spacial score (nSPS) is 18.6. The number of hydrogen-bond acceptors (Lipinski definition) is 2. The summed E-state index contributed by atoms with van der Waals surface area (Å²) in [6.07, 6.45) is -0.221. The summed E-state index contributed by atoms with van der Waals surface area (Å²) in [4.78, 5) is 14.2. The second-order valence-electron chi connectivity index (χ2n) is 7.05. The zero-order chi connectivity index (χ0) is 15.8. The summed E-state index contributed by atoms with van der Waals surface area (Å²) < 4.78 is 6.62. The van der Waals surface area contributed by atoms with Crippen molar-refractivity contribution < 1.29 is 9.53 Å². The van der Waals surface area contributed by atoms with E-state index >= 15 is 0 Å². The minimum Gasteiger partial charge on any atom is -0.444 e. The minimum absolute atomic E-state index is 0.221. The van der Waals surface area contributed by atoms with E-state index < -0.39 is 5.60 Å². The molecule has 0 saturated carbocycles. The average molecular weight is 354 g/mol. The fraction of sp³-hybridized carbons (Fsp3) is 0.588. The fourth-order valence-electron chi connectivity index (χ4n) is 2.70. The van der Waals surface area contributed by atoms with Crippen LogP contribution < -0.4 is 0 Å². The number of amides is 1. The Hall–Kier alpha value is -1.03. The predicted octanol–water partition coefficient (Wildman–Crippen LogP) is 4.94. The van der Waals surface area contributed by atoms with Gasteiger partial charge in [-0.15, -0.1) is 0 Å². The van der Waals surface area contributed by atoms with Gasteiger partial charge in [0.1, 0.15) is 5.60 Å². The first kappa shape index (κ1) is 16.3. The molecule has 21 heavy (non-hydrogen) atoms. The molecule has 0 radical (unpaired) electrons. The molecule has 1 amide bonds. The molecule has 0 bridgehead atoms. The number of nitrogens with zero attached hydrogens (tertiary/aromatic N) is 1. The number of ether oxygens (including phenoxy) is 1. The molecule has 1 aliphatic heterocycles. The van der Waals surface area contributed by atoms with Crippen molar-refractivity contribution in [2.75, 3.05) is 6.54 Å². The van der Waals surface area contributed by atoms with Crippen molar-refractivity contribution in [2.45, 2.75) is 52.7 Å². The molecule has 0 N–H and O–H groups in total. The van der Waals surface area contributed by atoms with Crippen molar-refractivity contribution in [1.82, 2.24) is 4.90 Å². The highest BCUT2D eigenvalue weighted by atomic mass is 79.9. The van der Waals surface area contributed by atoms with Gasteiger partial charge in [0.15, 0.2) is 0 Å². The SMILES string of the molecule is CC(C)C1CN(C(=O)OC(C)(C)C)Cc2ccc(Br)cc21. The summed E-state index contributed by atoms with van der Waals surface area (Å²) in [6.45, 7) is 11.5. The topological polar surface area (TPSA) is 29.5 Å². The molecule has 1 aromatic carbocycles. The standard InChI is InChI=1S/C17H24BrNO2/c1-11(2)15-10-19(16(20)21-17(3,4)5)9-12-6-7-13(18)8-14(12)15/h6-8,11,15H,9-10H2,1-5H3. The van der Waals surface area contributed by atoms with Gasteiger partial charge in [0.05, 0.1) is 0 Å². The Labute approximate surface area is 135 Å². The lowest BCUT2D eigenvalue weighted by molar-refractivity contribution is 0.0194. The van der Waals surface area contributed by atoms with E-state index in [4.69, 9.17) is 4.74 Å². The van der Waals surface area contributed by atoms with Crippen LogP contribution in [0.5, 0.6) is 0 Å². The first-order valence-electron chi connectivity index (χ1n) is 7.43. The number of carbonyl (C=O) groups excluding carboxylic acids is 1. The third-order valence-corrected chi connectivity index (χ3v) is 4.24. The van der Waals surface area contributed by atoms with E-state index in [2.05, 4.69) is 41.9 Å². The van der Waals surface area contributed by atoms with Crippen LogP contribution in [-0.2, 0) is 11.3 Å². The van der Waals surface area contributed by atoms with E-state index in [9.17, 15) is 4.79 Å². The summed E-state index contributed by atoms with van der Waals surface area (Å²) in [5.74, 6) is 0.821. The van der Waals surface area contributed by atoms with Crippen molar-refractivity contribution in [3.63, 3.8) is 0 Å². The molecule has 4 heteroatoms. The predicted molar refractivity (Wildman–Crippen MR) is 88.4 cm³/mol. The van der Waals surface area contributed by atoms with E-state index in [1.807, 2.05) is 31.7 Å². The third kappa shape index (κ3) is 4.00. The van der Waals surface area contributed by atoms with E-state index in [0.717, 1.165) is 11.0 Å². The second-order valence-corrected chi connectivity index (χ2v) is 7.97. The van der Waals surface area contributed by atoms with Gasteiger partial charge in [0.2, 0.25) is 0 Å². The van der Waals surface area contributed by atoms with Crippen molar-refractivity contribution >= 4 is 22.0 Å². The lowest BCUT2D eigenvalue weighted by atomic mass is 9.82. The van der Waals surface area contributed by atoms with Gasteiger partial charge >= 0.3 is 6.09 Å². The molecule has 1 aromatic rings. The van der Waals surface area contributed by atoms with E-state index in [-0.39, 0.29) is 6.09 Å². The van der Waals surface area contributed by atoms with Crippen molar-refractivity contribution in [1.29, 1.82) is 0 Å². The molecule has 0 fully saturated rings. The number of hydrogen-bond donors (Lipinski definition) is 0. The molecule has 0 spiro atoms. The Morgan fingerprint density at radius 1 is 1.38 bits per heavy atom. The van der Waals surface area contributed by atoms with Crippen LogP contribution in [-0.4, -0.2) is 23.1 Å². The van der Waals surface area contributed by atoms with E-state index in [0.29, 0.717) is 18.4 Å². The van der Waals surface area contributed by atoms with Crippen LogP contribution in [0.25, 0.3) is 0 Å².